The molecule has 0 radical (unpaired) electrons. The molecule has 0 saturated heterocycles. The predicted octanol–water partition coefficient (Wildman–Crippen LogP) is 3.96. The SMILES string of the molecule is CCC1CCC(Cn2c(=S)[nH]c3c(C)nn(C)c32)CC1. The lowest BCUT2D eigenvalue weighted by Gasteiger charge is -2.28. The third-order valence-electron chi connectivity index (χ3n) is 4.91. The van der Waals surface area contributed by atoms with Crippen molar-refractivity contribution in [2.24, 2.45) is 18.9 Å². The van der Waals surface area contributed by atoms with Gasteiger partial charge in [-0.25, -0.2) is 0 Å². The molecule has 0 bridgehead atoms. The average Bonchev–Trinajstić information content (AvgIpc) is 2.90. The first-order valence-corrected chi connectivity index (χ1v) is 8.13. The number of nitrogens with one attached hydrogen (secondary N) is 1. The Morgan fingerprint density at radius 1 is 1.25 bits per heavy atom. The van der Waals surface area contributed by atoms with E-state index in [4.69, 9.17) is 12.2 Å². The molecular weight excluding hydrogens is 268 g/mol. The van der Waals surface area contributed by atoms with Crippen molar-refractivity contribution >= 4 is 23.4 Å². The number of H-pyrrole nitrogens is 1. The van der Waals surface area contributed by atoms with Gasteiger partial charge in [-0.15, -0.1) is 0 Å². The van der Waals surface area contributed by atoms with E-state index in [1.807, 2.05) is 18.7 Å². The molecule has 1 fully saturated rings. The van der Waals surface area contributed by atoms with E-state index in [-0.39, 0.29) is 0 Å². The molecule has 0 aliphatic heterocycles. The predicted molar refractivity (Wildman–Crippen MR) is 84.4 cm³/mol. The summed E-state index contributed by atoms with van der Waals surface area (Å²) in [6, 6.07) is 0. The molecule has 4 nitrogen and oxygen atoms in total. The average molecular weight is 292 g/mol. The molecule has 110 valence electrons. The van der Waals surface area contributed by atoms with Crippen LogP contribution in [0.3, 0.4) is 0 Å². The molecule has 5 heteroatoms. The Balaban J connectivity index is 1.84. The Morgan fingerprint density at radius 2 is 1.90 bits per heavy atom. The second kappa shape index (κ2) is 5.35. The van der Waals surface area contributed by atoms with Crippen LogP contribution < -0.4 is 0 Å². The number of nitrogens with zero attached hydrogens (tertiary/aromatic N) is 3. The summed E-state index contributed by atoms with van der Waals surface area (Å²) in [5, 5.41) is 4.49. The minimum absolute atomic E-state index is 0.763. The summed E-state index contributed by atoms with van der Waals surface area (Å²) < 4.78 is 5.05. The number of rotatable bonds is 3. The van der Waals surface area contributed by atoms with Crippen LogP contribution in [0.1, 0.15) is 44.7 Å². The Morgan fingerprint density at radius 3 is 2.55 bits per heavy atom. The van der Waals surface area contributed by atoms with E-state index in [0.717, 1.165) is 40.0 Å². The van der Waals surface area contributed by atoms with Gasteiger partial charge in [0, 0.05) is 13.6 Å². The molecule has 1 aliphatic carbocycles. The number of fused-ring (bicyclic) bond motifs is 1. The van der Waals surface area contributed by atoms with Gasteiger partial charge in [0.25, 0.3) is 0 Å². The van der Waals surface area contributed by atoms with Crippen LogP contribution in [0.4, 0.5) is 0 Å². The van der Waals surface area contributed by atoms with E-state index >= 15 is 0 Å². The van der Waals surface area contributed by atoms with Crippen molar-refractivity contribution in [2.45, 2.75) is 52.5 Å². The number of aromatic nitrogens is 4. The zero-order valence-corrected chi connectivity index (χ0v) is 13.5. The fourth-order valence-corrected chi connectivity index (χ4v) is 3.89. The van der Waals surface area contributed by atoms with E-state index in [0.29, 0.717) is 0 Å². The summed E-state index contributed by atoms with van der Waals surface area (Å²) in [7, 11) is 2.00. The quantitative estimate of drug-likeness (QED) is 0.870. The second-order valence-corrected chi connectivity index (χ2v) is 6.63. The van der Waals surface area contributed by atoms with Crippen molar-refractivity contribution in [3.05, 3.63) is 10.5 Å². The molecule has 0 spiro atoms. The summed E-state index contributed by atoms with van der Waals surface area (Å²) in [4.78, 5) is 3.32. The molecule has 0 unspecified atom stereocenters. The lowest BCUT2D eigenvalue weighted by atomic mass is 9.81. The number of aryl methyl sites for hydroxylation is 2. The van der Waals surface area contributed by atoms with E-state index in [1.54, 1.807) is 0 Å². The number of hydrogen-bond acceptors (Lipinski definition) is 2. The van der Waals surface area contributed by atoms with Gasteiger partial charge in [0.2, 0.25) is 0 Å². The lowest BCUT2D eigenvalue weighted by molar-refractivity contribution is 0.248. The van der Waals surface area contributed by atoms with Crippen molar-refractivity contribution in [1.29, 1.82) is 0 Å². The highest BCUT2D eigenvalue weighted by Crippen LogP contribution is 2.32. The first kappa shape index (κ1) is 13.9. The van der Waals surface area contributed by atoms with Crippen molar-refractivity contribution in [1.82, 2.24) is 19.3 Å². The van der Waals surface area contributed by atoms with Gasteiger partial charge in [-0.1, -0.05) is 26.2 Å². The van der Waals surface area contributed by atoms with Crippen LogP contribution in [0.15, 0.2) is 0 Å². The summed E-state index contributed by atoms with van der Waals surface area (Å²) in [6.07, 6.45) is 6.77. The van der Waals surface area contributed by atoms with E-state index in [1.165, 1.54) is 32.1 Å². The van der Waals surface area contributed by atoms with Gasteiger partial charge >= 0.3 is 0 Å². The van der Waals surface area contributed by atoms with Crippen molar-refractivity contribution < 1.29 is 0 Å². The number of imidazole rings is 1. The van der Waals surface area contributed by atoms with E-state index < -0.39 is 0 Å². The van der Waals surface area contributed by atoms with Gasteiger partial charge in [-0.05, 0) is 43.8 Å². The van der Waals surface area contributed by atoms with Crippen molar-refractivity contribution in [2.75, 3.05) is 0 Å². The minimum atomic E-state index is 0.763. The highest BCUT2D eigenvalue weighted by molar-refractivity contribution is 7.71. The van der Waals surface area contributed by atoms with E-state index in [2.05, 4.69) is 21.6 Å². The molecule has 20 heavy (non-hydrogen) atoms. The lowest BCUT2D eigenvalue weighted by Crippen LogP contribution is -2.19. The first-order valence-electron chi connectivity index (χ1n) is 7.72. The third kappa shape index (κ3) is 2.32. The second-order valence-electron chi connectivity index (χ2n) is 6.24. The van der Waals surface area contributed by atoms with Crippen LogP contribution in [-0.2, 0) is 13.6 Å². The molecular formula is C15H24N4S. The highest BCUT2D eigenvalue weighted by Gasteiger charge is 2.22. The van der Waals surface area contributed by atoms with Gasteiger partial charge < -0.3 is 9.55 Å². The van der Waals surface area contributed by atoms with Gasteiger partial charge in [-0.2, -0.15) is 5.10 Å². The maximum Gasteiger partial charge on any atom is 0.179 e. The maximum absolute atomic E-state index is 5.51. The molecule has 0 aromatic carbocycles. The van der Waals surface area contributed by atoms with Crippen LogP contribution in [0.5, 0.6) is 0 Å². The third-order valence-corrected chi connectivity index (χ3v) is 5.23. The summed E-state index contributed by atoms with van der Waals surface area (Å²) >= 11 is 5.51. The molecule has 0 atom stereocenters. The monoisotopic (exact) mass is 292 g/mol. The van der Waals surface area contributed by atoms with Crippen LogP contribution in [-0.4, -0.2) is 19.3 Å². The molecule has 1 N–H and O–H groups in total. The Hall–Kier alpha value is -1.10. The topological polar surface area (TPSA) is 38.5 Å². The largest absolute Gasteiger partial charge is 0.328 e. The van der Waals surface area contributed by atoms with Gasteiger partial charge in [0.15, 0.2) is 10.4 Å². The first-order chi connectivity index (χ1) is 9.60. The smallest absolute Gasteiger partial charge is 0.179 e. The zero-order valence-electron chi connectivity index (χ0n) is 12.6. The zero-order chi connectivity index (χ0) is 14.3. The Bertz CT molecular complexity index is 655. The van der Waals surface area contributed by atoms with Crippen molar-refractivity contribution in [3.8, 4) is 0 Å². The van der Waals surface area contributed by atoms with Gasteiger partial charge in [0.1, 0.15) is 5.52 Å². The fourth-order valence-electron chi connectivity index (χ4n) is 3.62. The summed E-state index contributed by atoms with van der Waals surface area (Å²) in [6.45, 7) is 5.38. The van der Waals surface area contributed by atoms with Crippen LogP contribution >= 0.6 is 12.2 Å². The van der Waals surface area contributed by atoms with E-state index in [9.17, 15) is 0 Å². The molecule has 2 aromatic heterocycles. The van der Waals surface area contributed by atoms with Crippen LogP contribution in [0, 0.1) is 23.5 Å². The molecule has 0 amide bonds. The summed E-state index contributed by atoms with van der Waals surface area (Å²) in [5.41, 5.74) is 3.27. The molecule has 1 aliphatic rings. The fraction of sp³-hybridized carbons (Fsp3) is 0.733. The Labute approximate surface area is 125 Å². The number of hydrogen-bond donors (Lipinski definition) is 1. The Kier molecular flexibility index (Phi) is 3.71. The summed E-state index contributed by atoms with van der Waals surface area (Å²) in [5.74, 6) is 1.71. The highest BCUT2D eigenvalue weighted by atomic mass is 32.1. The normalized spacial score (nSPS) is 23.6. The van der Waals surface area contributed by atoms with Crippen LogP contribution in [0.2, 0.25) is 0 Å². The van der Waals surface area contributed by atoms with Crippen molar-refractivity contribution in [3.63, 3.8) is 0 Å². The van der Waals surface area contributed by atoms with Crippen LogP contribution in [0.25, 0.3) is 11.2 Å². The van der Waals surface area contributed by atoms with Gasteiger partial charge in [0.05, 0.1) is 5.69 Å². The molecule has 3 rings (SSSR count). The maximum atomic E-state index is 5.51. The molecule has 2 heterocycles. The standard InChI is InChI=1S/C15H24N4S/c1-4-11-5-7-12(8-6-11)9-19-14-13(16-15(19)20)10(2)17-18(14)3/h11-12H,4-9H2,1-3H3,(H,16,20). The number of aromatic amines is 1. The van der Waals surface area contributed by atoms with Gasteiger partial charge in [-0.3, -0.25) is 4.68 Å². The molecule has 2 aromatic rings. The minimum Gasteiger partial charge on any atom is -0.328 e. The molecule has 1 saturated carbocycles.